The molecule has 0 heterocycles. The van der Waals surface area contributed by atoms with Gasteiger partial charge in [-0.15, -0.1) is 0 Å². The molecule has 0 aromatic carbocycles. The maximum atomic E-state index is 13.1. The second-order valence-corrected chi connectivity index (χ2v) is 23.4. The van der Waals surface area contributed by atoms with E-state index in [2.05, 4.69) is 16.0 Å². The Balaban J connectivity index is 3.44. The normalized spacial score (nSPS) is 12.0. The third kappa shape index (κ3) is 91.8. The summed E-state index contributed by atoms with van der Waals surface area (Å²) in [5.74, 6) is -0.657. The fourth-order valence-electron chi connectivity index (χ4n) is 7.98. The van der Waals surface area contributed by atoms with Gasteiger partial charge in [0, 0.05) is 33.2 Å². The third-order valence-electron chi connectivity index (χ3n) is 13.3. The van der Waals surface area contributed by atoms with E-state index in [1.54, 1.807) is 27.9 Å². The average Bonchev–Trinajstić information content (AvgIpc) is 0.950. The van der Waals surface area contributed by atoms with E-state index in [4.69, 9.17) is 143 Å². The molecule has 3 amide bonds. The Bertz CT molecular complexity index is 1770. The molecule has 0 aliphatic heterocycles. The molecule has 107 heavy (non-hydrogen) atoms. The number of unbranched alkanes of at least 4 members (excludes halogenated alkanes) is 1. The number of ether oxygens (including phenoxy) is 29. The Hall–Kier alpha value is -2.95. The lowest BCUT2D eigenvalue weighted by molar-refractivity contribution is -0.130. The minimum atomic E-state index is -0.779. The van der Waals surface area contributed by atoms with Crippen LogP contribution in [0.4, 0.5) is 4.79 Å². The van der Waals surface area contributed by atoms with Gasteiger partial charge in [-0.2, -0.15) is 0 Å². The van der Waals surface area contributed by atoms with Crippen LogP contribution in [0.5, 0.6) is 0 Å². The molecule has 638 valence electrons. The summed E-state index contributed by atoms with van der Waals surface area (Å²) in [5.41, 5.74) is 4.77. The van der Waals surface area contributed by atoms with Crippen molar-refractivity contribution in [3.8, 4) is 0 Å². The average molecular weight is 1560 g/mol. The number of amides is 3. The lowest BCUT2D eigenvalue weighted by atomic mass is 10.1. The van der Waals surface area contributed by atoms with Crippen molar-refractivity contribution in [2.75, 3.05) is 390 Å². The van der Waals surface area contributed by atoms with Gasteiger partial charge in [-0.05, 0) is 40.0 Å². The van der Waals surface area contributed by atoms with Gasteiger partial charge in [0.2, 0.25) is 11.8 Å². The predicted octanol–water partition coefficient (Wildman–Crippen LogP) is 0.726. The highest BCUT2D eigenvalue weighted by Gasteiger charge is 2.21. The van der Waals surface area contributed by atoms with Gasteiger partial charge in [-0.1, -0.05) is 0 Å². The first-order valence-electron chi connectivity index (χ1n) is 38.0. The number of hydrogen-bond donors (Lipinski definition) is 4. The lowest BCUT2D eigenvalue weighted by Gasteiger charge is -2.20. The molecule has 0 aliphatic rings. The summed E-state index contributed by atoms with van der Waals surface area (Å²) in [6.45, 7) is 31.5. The van der Waals surface area contributed by atoms with Crippen molar-refractivity contribution >= 4 is 17.9 Å². The SMILES string of the molecule is COCCOCCOCCOCCOCCOCCOCCOCCOCCOCCOCCOCCOCCOCCOCCOCCOCCOCCOCCOCCOCCOCCOCCOCCNC(=O)[C@H](CCCCNC(=O)OC(C)(C)C)NC(=O)CCOCCOCCOCCOCCN. The Morgan fingerprint density at radius 2 is 0.486 bits per heavy atom. The molecule has 0 saturated heterocycles. The zero-order valence-electron chi connectivity index (χ0n) is 65.6. The predicted molar refractivity (Wildman–Crippen MR) is 391 cm³/mol. The summed E-state index contributed by atoms with van der Waals surface area (Å²) in [6.07, 6.45) is 1.07. The van der Waals surface area contributed by atoms with Crippen molar-refractivity contribution in [3.63, 3.8) is 0 Å². The van der Waals surface area contributed by atoms with E-state index in [1.807, 2.05) is 0 Å². The quantitative estimate of drug-likeness (QED) is 0.0610. The largest absolute Gasteiger partial charge is 0.444 e. The Kier molecular flexibility index (Phi) is 87.8. The van der Waals surface area contributed by atoms with Crippen LogP contribution >= 0.6 is 0 Å². The van der Waals surface area contributed by atoms with Gasteiger partial charge in [0.15, 0.2) is 0 Å². The lowest BCUT2D eigenvalue weighted by Crippen LogP contribution is -2.47. The van der Waals surface area contributed by atoms with E-state index in [0.29, 0.717) is 383 Å². The number of hydrogen-bond acceptors (Lipinski definition) is 33. The van der Waals surface area contributed by atoms with Crippen molar-refractivity contribution in [1.82, 2.24) is 16.0 Å². The summed E-state index contributed by atoms with van der Waals surface area (Å²) in [6, 6.07) is -0.779. The topological polar surface area (TPSA) is 381 Å². The van der Waals surface area contributed by atoms with E-state index in [0.717, 1.165) is 0 Å². The van der Waals surface area contributed by atoms with Gasteiger partial charge < -0.3 is 159 Å². The standard InChI is InChI=1S/C71H142N4O32/c1-71(2,3)107-70(78)74-10-6-5-7-67(75-68(76)8-12-80-17-20-84-25-26-85-21-18-81-13-9-72)69(77)73-11-14-82-19-22-86-27-28-88-31-32-90-35-36-92-39-40-94-43-44-96-47-48-98-51-52-100-55-56-102-59-60-104-63-64-106-66-65-105-62-61-103-58-57-101-54-53-99-50-49-97-46-45-95-42-41-93-38-37-91-34-33-89-30-29-87-24-23-83-16-15-79-4/h67H,5-66,72H2,1-4H3,(H,73,77)(H,74,78)(H,75,76)/t67-/m0/s1. The van der Waals surface area contributed by atoms with Crippen LogP contribution in [0.25, 0.3) is 0 Å². The number of alkyl carbamates (subject to hydrolysis) is 1. The number of methoxy groups -OCH3 is 1. The van der Waals surface area contributed by atoms with Crippen molar-refractivity contribution in [1.29, 1.82) is 0 Å². The van der Waals surface area contributed by atoms with Crippen LogP contribution in [-0.2, 0) is 147 Å². The van der Waals surface area contributed by atoms with Crippen LogP contribution in [0, 0.1) is 0 Å². The van der Waals surface area contributed by atoms with Crippen LogP contribution in [0.15, 0.2) is 0 Å². The summed E-state index contributed by atoms with van der Waals surface area (Å²) in [4.78, 5) is 37.9. The van der Waals surface area contributed by atoms with Crippen LogP contribution in [-0.4, -0.2) is 420 Å². The third-order valence-corrected chi connectivity index (χ3v) is 13.3. The monoisotopic (exact) mass is 1560 g/mol. The first kappa shape index (κ1) is 104. The summed E-state index contributed by atoms with van der Waals surface area (Å²) in [5, 5.41) is 8.35. The second kappa shape index (κ2) is 90.2. The molecule has 1 atom stereocenters. The highest BCUT2D eigenvalue weighted by molar-refractivity contribution is 5.87. The van der Waals surface area contributed by atoms with Crippen LogP contribution in [0.2, 0.25) is 0 Å². The maximum Gasteiger partial charge on any atom is 0.407 e. The zero-order valence-corrected chi connectivity index (χ0v) is 65.6. The number of nitrogens with two attached hydrogens (primary N) is 1. The molecule has 0 bridgehead atoms. The number of rotatable bonds is 93. The van der Waals surface area contributed by atoms with Crippen molar-refractivity contribution in [3.05, 3.63) is 0 Å². The minimum absolute atomic E-state index is 0.0692. The van der Waals surface area contributed by atoms with E-state index in [9.17, 15) is 14.4 Å². The maximum absolute atomic E-state index is 13.1. The molecule has 0 fully saturated rings. The van der Waals surface area contributed by atoms with E-state index < -0.39 is 17.7 Å². The van der Waals surface area contributed by atoms with E-state index in [1.165, 1.54) is 0 Å². The first-order chi connectivity index (χ1) is 52.7. The number of carbonyl (C=O) groups is 3. The molecule has 0 unspecified atom stereocenters. The second-order valence-electron chi connectivity index (χ2n) is 23.4. The molecule has 0 aromatic heterocycles. The summed E-state index contributed by atoms with van der Waals surface area (Å²) in [7, 11) is 1.64. The summed E-state index contributed by atoms with van der Waals surface area (Å²) >= 11 is 0. The molecular formula is C71H142N4O32. The van der Waals surface area contributed by atoms with Crippen molar-refractivity contribution in [2.45, 2.75) is 58.1 Å². The van der Waals surface area contributed by atoms with Crippen molar-refractivity contribution < 1.29 is 152 Å². The Morgan fingerprint density at radius 3 is 0.710 bits per heavy atom. The summed E-state index contributed by atoms with van der Waals surface area (Å²) < 4.78 is 159. The molecule has 0 radical (unpaired) electrons. The molecule has 0 saturated carbocycles. The molecule has 0 spiro atoms. The van der Waals surface area contributed by atoms with Gasteiger partial charge in [0.25, 0.3) is 0 Å². The number of nitrogens with one attached hydrogen (secondary N) is 3. The van der Waals surface area contributed by atoms with Gasteiger partial charge in [0.05, 0.1) is 363 Å². The smallest absolute Gasteiger partial charge is 0.407 e. The highest BCUT2D eigenvalue weighted by Crippen LogP contribution is 2.07. The fourth-order valence-corrected chi connectivity index (χ4v) is 7.98. The first-order valence-corrected chi connectivity index (χ1v) is 38.0. The van der Waals surface area contributed by atoms with E-state index in [-0.39, 0.29) is 38.0 Å². The minimum Gasteiger partial charge on any atom is -0.444 e. The molecule has 0 aliphatic carbocycles. The molecule has 36 nitrogen and oxygen atoms in total. The van der Waals surface area contributed by atoms with Crippen LogP contribution in [0.1, 0.15) is 46.5 Å². The molecule has 36 heteroatoms. The fraction of sp³-hybridized carbons (Fsp3) is 0.958. The van der Waals surface area contributed by atoms with Gasteiger partial charge in [-0.25, -0.2) is 4.79 Å². The van der Waals surface area contributed by atoms with Crippen molar-refractivity contribution in [2.24, 2.45) is 5.73 Å². The van der Waals surface area contributed by atoms with E-state index >= 15 is 0 Å². The highest BCUT2D eigenvalue weighted by atomic mass is 16.6. The molecule has 0 rings (SSSR count). The Labute approximate surface area is 637 Å². The van der Waals surface area contributed by atoms with Gasteiger partial charge >= 0.3 is 6.09 Å². The molecule has 5 N–H and O–H groups in total. The van der Waals surface area contributed by atoms with Gasteiger partial charge in [-0.3, -0.25) is 9.59 Å². The molecular weight excluding hydrogens is 1420 g/mol. The number of carbonyl (C=O) groups excluding carboxylic acids is 3. The molecule has 0 aromatic rings. The van der Waals surface area contributed by atoms with Gasteiger partial charge in [0.1, 0.15) is 11.6 Å². The van der Waals surface area contributed by atoms with Crippen LogP contribution in [0.3, 0.4) is 0 Å². The van der Waals surface area contributed by atoms with Crippen LogP contribution < -0.4 is 21.7 Å². The zero-order chi connectivity index (χ0) is 77.3. The Morgan fingerprint density at radius 1 is 0.271 bits per heavy atom.